The number of carbonyl (C=O) groups excluding carboxylic acids is 2. The maximum Gasteiger partial charge on any atom is 0.295 e. The molecule has 1 atom stereocenters. The second-order valence-corrected chi connectivity index (χ2v) is 7.89. The second-order valence-electron chi connectivity index (χ2n) is 7.89. The maximum absolute atomic E-state index is 13.0. The molecule has 0 aliphatic carbocycles. The van der Waals surface area contributed by atoms with Crippen molar-refractivity contribution in [1.29, 1.82) is 0 Å². The van der Waals surface area contributed by atoms with E-state index in [9.17, 15) is 14.7 Å². The first kappa shape index (κ1) is 19.6. The quantitative estimate of drug-likeness (QED) is 0.450. The second kappa shape index (κ2) is 8.03. The number of nitrogens with zero attached hydrogens (tertiary/aromatic N) is 3. The number of aliphatic hydroxyl groups excluding tert-OH is 1. The molecule has 3 aliphatic rings. The Morgan fingerprint density at radius 1 is 1.03 bits per heavy atom. The van der Waals surface area contributed by atoms with Gasteiger partial charge >= 0.3 is 0 Å². The molecular formula is C23H23N3O5. The number of aliphatic hydroxyl groups is 1. The summed E-state index contributed by atoms with van der Waals surface area (Å²) in [5.41, 5.74) is 1.22. The van der Waals surface area contributed by atoms with Gasteiger partial charge in [0.15, 0.2) is 11.5 Å². The van der Waals surface area contributed by atoms with Gasteiger partial charge in [-0.25, -0.2) is 0 Å². The maximum atomic E-state index is 13.0. The molecule has 2 aromatic rings. The molecule has 1 aromatic heterocycles. The highest BCUT2D eigenvalue weighted by Crippen LogP contribution is 2.41. The van der Waals surface area contributed by atoms with Crippen LogP contribution in [0.4, 0.5) is 0 Å². The van der Waals surface area contributed by atoms with Crippen LogP contribution in [0.3, 0.4) is 0 Å². The number of ether oxygens (including phenoxy) is 2. The average molecular weight is 421 g/mol. The van der Waals surface area contributed by atoms with E-state index in [1.165, 1.54) is 0 Å². The summed E-state index contributed by atoms with van der Waals surface area (Å²) in [4.78, 5) is 33.9. The van der Waals surface area contributed by atoms with Gasteiger partial charge in [0.1, 0.15) is 5.76 Å². The minimum atomic E-state index is -0.682. The van der Waals surface area contributed by atoms with Crippen molar-refractivity contribution in [1.82, 2.24) is 14.8 Å². The number of likely N-dealkylation sites (tertiary alicyclic amines) is 2. The summed E-state index contributed by atoms with van der Waals surface area (Å²) in [6.45, 7) is 3.22. The molecule has 31 heavy (non-hydrogen) atoms. The van der Waals surface area contributed by atoms with Crippen molar-refractivity contribution in [3.8, 4) is 11.5 Å². The smallest absolute Gasteiger partial charge is 0.295 e. The van der Waals surface area contributed by atoms with Crippen LogP contribution in [-0.4, -0.2) is 64.6 Å². The predicted octanol–water partition coefficient (Wildman–Crippen LogP) is 2.33. The molecule has 0 saturated carbocycles. The number of rotatable bonds is 5. The fourth-order valence-electron chi connectivity index (χ4n) is 4.46. The van der Waals surface area contributed by atoms with Crippen molar-refractivity contribution >= 4 is 17.4 Å². The number of ketones is 1. The van der Waals surface area contributed by atoms with Crippen LogP contribution in [0.15, 0.2) is 48.3 Å². The average Bonchev–Trinajstić information content (AvgIpc) is 3.53. The molecule has 1 unspecified atom stereocenters. The number of carbonyl (C=O) groups is 2. The Hall–Kier alpha value is -3.39. The van der Waals surface area contributed by atoms with E-state index < -0.39 is 17.7 Å². The van der Waals surface area contributed by atoms with Crippen molar-refractivity contribution < 1.29 is 24.2 Å². The van der Waals surface area contributed by atoms with Crippen molar-refractivity contribution in [2.45, 2.75) is 18.9 Å². The molecule has 5 rings (SSSR count). The highest BCUT2D eigenvalue weighted by Gasteiger charge is 2.46. The van der Waals surface area contributed by atoms with Gasteiger partial charge in [0.2, 0.25) is 6.79 Å². The number of aromatic nitrogens is 1. The lowest BCUT2D eigenvalue weighted by atomic mass is 9.96. The fourth-order valence-corrected chi connectivity index (χ4v) is 4.46. The molecule has 0 spiro atoms. The third-order valence-corrected chi connectivity index (χ3v) is 6.06. The van der Waals surface area contributed by atoms with Crippen molar-refractivity contribution in [2.75, 3.05) is 33.0 Å². The summed E-state index contributed by atoms with van der Waals surface area (Å²) in [7, 11) is 0. The van der Waals surface area contributed by atoms with Gasteiger partial charge in [-0.05, 0) is 61.8 Å². The lowest BCUT2D eigenvalue weighted by Gasteiger charge is -2.27. The normalized spacial score (nSPS) is 22.5. The Bertz CT molecular complexity index is 1050. The van der Waals surface area contributed by atoms with Gasteiger partial charge in [0, 0.05) is 31.0 Å². The van der Waals surface area contributed by atoms with E-state index >= 15 is 0 Å². The van der Waals surface area contributed by atoms with Gasteiger partial charge in [0.25, 0.3) is 11.7 Å². The number of hydrogen-bond donors (Lipinski definition) is 1. The number of amides is 1. The summed E-state index contributed by atoms with van der Waals surface area (Å²) in [6, 6.07) is 7.83. The topological polar surface area (TPSA) is 92.2 Å². The first-order valence-corrected chi connectivity index (χ1v) is 10.4. The van der Waals surface area contributed by atoms with Gasteiger partial charge in [0.05, 0.1) is 11.6 Å². The molecule has 2 fully saturated rings. The van der Waals surface area contributed by atoms with Crippen LogP contribution in [0.1, 0.15) is 30.0 Å². The first-order chi connectivity index (χ1) is 15.1. The first-order valence-electron chi connectivity index (χ1n) is 10.4. The van der Waals surface area contributed by atoms with E-state index in [4.69, 9.17) is 9.47 Å². The summed E-state index contributed by atoms with van der Waals surface area (Å²) < 4.78 is 10.7. The minimum Gasteiger partial charge on any atom is -0.507 e. The SMILES string of the molecule is O=C1C(=O)N(CCN2CCCC2)C(c2ccncc2)/C1=C(\O)c1ccc2c(c1)OCO2. The van der Waals surface area contributed by atoms with Crippen LogP contribution in [0.25, 0.3) is 5.76 Å². The van der Waals surface area contributed by atoms with Gasteiger partial charge < -0.3 is 24.4 Å². The molecule has 1 amide bonds. The predicted molar refractivity (Wildman–Crippen MR) is 111 cm³/mol. The summed E-state index contributed by atoms with van der Waals surface area (Å²) in [6.07, 6.45) is 5.54. The van der Waals surface area contributed by atoms with Crippen LogP contribution >= 0.6 is 0 Å². The monoisotopic (exact) mass is 421 g/mol. The summed E-state index contributed by atoms with van der Waals surface area (Å²) in [5, 5.41) is 11.1. The van der Waals surface area contributed by atoms with Gasteiger partial charge in [-0.3, -0.25) is 14.6 Å². The van der Waals surface area contributed by atoms with Crippen molar-refractivity contribution in [2.24, 2.45) is 0 Å². The zero-order valence-electron chi connectivity index (χ0n) is 17.0. The lowest BCUT2D eigenvalue weighted by Crippen LogP contribution is -2.37. The van der Waals surface area contributed by atoms with Gasteiger partial charge in [-0.15, -0.1) is 0 Å². The third kappa shape index (κ3) is 3.53. The number of Topliss-reactive ketones (excluding diaryl/α,β-unsaturated/α-hetero) is 1. The zero-order chi connectivity index (χ0) is 21.4. The zero-order valence-corrected chi connectivity index (χ0v) is 17.0. The number of benzene rings is 1. The molecule has 0 radical (unpaired) electrons. The van der Waals surface area contributed by atoms with Crippen molar-refractivity contribution in [3.05, 3.63) is 59.4 Å². The highest BCUT2D eigenvalue weighted by molar-refractivity contribution is 6.46. The molecule has 2 saturated heterocycles. The summed E-state index contributed by atoms with van der Waals surface area (Å²) in [5.74, 6) is -0.426. The molecule has 0 bridgehead atoms. The fraction of sp³-hybridized carbons (Fsp3) is 0.348. The van der Waals surface area contributed by atoms with E-state index in [1.54, 1.807) is 47.6 Å². The Labute approximate surface area is 179 Å². The number of fused-ring (bicyclic) bond motifs is 1. The largest absolute Gasteiger partial charge is 0.507 e. The van der Waals surface area contributed by atoms with Gasteiger partial charge in [-0.1, -0.05) is 0 Å². The summed E-state index contributed by atoms with van der Waals surface area (Å²) >= 11 is 0. The molecule has 160 valence electrons. The van der Waals surface area contributed by atoms with Crippen molar-refractivity contribution in [3.63, 3.8) is 0 Å². The highest BCUT2D eigenvalue weighted by atomic mass is 16.7. The Balaban J connectivity index is 1.54. The molecule has 4 heterocycles. The molecule has 1 N–H and O–H groups in total. The van der Waals surface area contributed by atoms with Crippen LogP contribution < -0.4 is 9.47 Å². The van der Waals surface area contributed by atoms with E-state index in [0.29, 0.717) is 30.2 Å². The van der Waals surface area contributed by atoms with Gasteiger partial charge in [-0.2, -0.15) is 0 Å². The van der Waals surface area contributed by atoms with Crippen LogP contribution in [-0.2, 0) is 9.59 Å². The molecule has 3 aliphatic heterocycles. The van der Waals surface area contributed by atoms with E-state index in [-0.39, 0.29) is 18.1 Å². The van der Waals surface area contributed by atoms with E-state index in [0.717, 1.165) is 31.5 Å². The van der Waals surface area contributed by atoms with Crippen LogP contribution in [0.2, 0.25) is 0 Å². The minimum absolute atomic E-state index is 0.0801. The van der Waals surface area contributed by atoms with E-state index in [2.05, 4.69) is 9.88 Å². The lowest BCUT2D eigenvalue weighted by molar-refractivity contribution is -0.140. The Kier molecular flexibility index (Phi) is 5.07. The molecule has 1 aromatic carbocycles. The third-order valence-electron chi connectivity index (χ3n) is 6.06. The van der Waals surface area contributed by atoms with Crippen LogP contribution in [0.5, 0.6) is 11.5 Å². The Morgan fingerprint density at radius 2 is 1.77 bits per heavy atom. The molecule has 8 heteroatoms. The van der Waals surface area contributed by atoms with E-state index in [1.807, 2.05) is 0 Å². The standard InChI is InChI=1S/C23H23N3O5/c27-21(16-3-4-17-18(13-16)31-14-30-17)19-20(15-5-7-24-8-6-15)26(23(29)22(19)28)12-11-25-9-1-2-10-25/h3-8,13,20,27H,1-2,9-12,14H2/b21-19+. The van der Waals surface area contributed by atoms with Crippen LogP contribution in [0, 0.1) is 0 Å². The molecule has 8 nitrogen and oxygen atoms in total. The Morgan fingerprint density at radius 3 is 2.55 bits per heavy atom. The molecular weight excluding hydrogens is 398 g/mol. The number of pyridine rings is 1. The number of hydrogen-bond acceptors (Lipinski definition) is 7.